The highest BCUT2D eigenvalue weighted by Crippen LogP contribution is 2.25. The monoisotopic (exact) mass is 186 g/mol. The van der Waals surface area contributed by atoms with Crippen LogP contribution in [0, 0.1) is 0 Å². The van der Waals surface area contributed by atoms with Crippen molar-refractivity contribution in [1.29, 1.82) is 0 Å². The second-order valence-electron chi connectivity index (χ2n) is 4.11. The lowest BCUT2D eigenvalue weighted by molar-refractivity contribution is 0.511. The van der Waals surface area contributed by atoms with Crippen molar-refractivity contribution in [3.05, 3.63) is 35.5 Å². The van der Waals surface area contributed by atoms with Crippen molar-refractivity contribution < 1.29 is 0 Å². The molecule has 3 rings (SSSR count). The summed E-state index contributed by atoms with van der Waals surface area (Å²) in [6.07, 6.45) is 1.14. The Kier molecular flexibility index (Phi) is 1.64. The number of rotatable bonds is 0. The molecule has 1 aliphatic heterocycles. The molecule has 1 aromatic heterocycles. The van der Waals surface area contributed by atoms with Gasteiger partial charge in [0.15, 0.2) is 0 Å². The Balaban J connectivity index is 2.25. The maximum Gasteiger partial charge on any atom is 0.0459 e. The molecule has 72 valence electrons. The van der Waals surface area contributed by atoms with Gasteiger partial charge in [0.25, 0.3) is 0 Å². The van der Waals surface area contributed by atoms with E-state index in [0.717, 1.165) is 13.0 Å². The lowest BCUT2D eigenvalue weighted by atomic mass is 10.00. The summed E-state index contributed by atoms with van der Waals surface area (Å²) in [4.78, 5) is 3.47. The maximum atomic E-state index is 3.47. The van der Waals surface area contributed by atoms with Crippen molar-refractivity contribution in [2.75, 3.05) is 0 Å². The second-order valence-corrected chi connectivity index (χ2v) is 4.11. The summed E-state index contributed by atoms with van der Waals surface area (Å²) in [5.74, 6) is 0. The number of aromatic amines is 1. The number of benzene rings is 1. The number of H-pyrrole nitrogens is 1. The first kappa shape index (κ1) is 8.06. The topological polar surface area (TPSA) is 27.8 Å². The molecule has 2 heteroatoms. The van der Waals surface area contributed by atoms with Crippen LogP contribution in [0.3, 0.4) is 0 Å². The summed E-state index contributed by atoms with van der Waals surface area (Å²) in [6, 6.07) is 9.16. The summed E-state index contributed by atoms with van der Waals surface area (Å²) in [5.41, 5.74) is 4.14. The van der Waals surface area contributed by atoms with E-state index in [0.29, 0.717) is 6.04 Å². The molecule has 2 aromatic rings. The first-order valence-corrected chi connectivity index (χ1v) is 5.16. The Morgan fingerprint density at radius 2 is 2.14 bits per heavy atom. The normalized spacial score (nSPS) is 21.1. The van der Waals surface area contributed by atoms with Gasteiger partial charge in [-0.1, -0.05) is 18.2 Å². The number of para-hydroxylation sites is 1. The van der Waals surface area contributed by atoms with Crippen LogP contribution in [0.5, 0.6) is 0 Å². The predicted molar refractivity (Wildman–Crippen MR) is 58.3 cm³/mol. The molecule has 2 N–H and O–H groups in total. The molecule has 2 nitrogen and oxygen atoms in total. The zero-order valence-electron chi connectivity index (χ0n) is 8.30. The van der Waals surface area contributed by atoms with E-state index in [1.165, 1.54) is 22.2 Å². The van der Waals surface area contributed by atoms with Gasteiger partial charge in [-0.15, -0.1) is 0 Å². The van der Waals surface area contributed by atoms with Gasteiger partial charge in [0.1, 0.15) is 0 Å². The molecule has 1 aliphatic rings. The van der Waals surface area contributed by atoms with Gasteiger partial charge >= 0.3 is 0 Å². The van der Waals surface area contributed by atoms with E-state index in [9.17, 15) is 0 Å². The van der Waals surface area contributed by atoms with Crippen molar-refractivity contribution in [3.8, 4) is 0 Å². The van der Waals surface area contributed by atoms with Crippen LogP contribution in [-0.4, -0.2) is 11.0 Å². The molecule has 2 heterocycles. The molecule has 0 saturated carbocycles. The molecular weight excluding hydrogens is 172 g/mol. The standard InChI is InChI=1S/C12H14N2/c1-8-6-10-9-4-2-3-5-11(9)14-12(10)7-13-8/h2-5,8,13-14H,6-7H2,1H3/t8-/m1/s1. The molecule has 1 aromatic carbocycles. The SMILES string of the molecule is C[C@@H]1Cc2c([nH]c3ccccc23)CN1. The average molecular weight is 186 g/mol. The van der Waals surface area contributed by atoms with Gasteiger partial charge in [-0.2, -0.15) is 0 Å². The van der Waals surface area contributed by atoms with Gasteiger partial charge in [-0.3, -0.25) is 0 Å². The first-order chi connectivity index (χ1) is 6.84. The minimum Gasteiger partial charge on any atom is -0.357 e. The second kappa shape index (κ2) is 2.85. The van der Waals surface area contributed by atoms with E-state index in [1.807, 2.05) is 0 Å². The molecule has 0 amide bonds. The fourth-order valence-corrected chi connectivity index (χ4v) is 2.29. The van der Waals surface area contributed by atoms with Gasteiger partial charge in [-0.25, -0.2) is 0 Å². The highest BCUT2D eigenvalue weighted by Gasteiger charge is 2.18. The number of fused-ring (bicyclic) bond motifs is 3. The summed E-state index contributed by atoms with van der Waals surface area (Å²) in [6.45, 7) is 3.22. The van der Waals surface area contributed by atoms with Crippen molar-refractivity contribution in [1.82, 2.24) is 10.3 Å². The van der Waals surface area contributed by atoms with E-state index in [4.69, 9.17) is 0 Å². The van der Waals surface area contributed by atoms with E-state index in [2.05, 4.69) is 41.5 Å². The Bertz CT molecular complexity index is 470. The van der Waals surface area contributed by atoms with Crippen molar-refractivity contribution in [2.24, 2.45) is 0 Å². The Morgan fingerprint density at radius 3 is 3.07 bits per heavy atom. The fourth-order valence-electron chi connectivity index (χ4n) is 2.29. The molecule has 14 heavy (non-hydrogen) atoms. The Labute approximate surface area is 83.3 Å². The summed E-state index contributed by atoms with van der Waals surface area (Å²) < 4.78 is 0. The third kappa shape index (κ3) is 1.07. The molecule has 0 bridgehead atoms. The van der Waals surface area contributed by atoms with Gasteiger partial charge in [-0.05, 0) is 25.0 Å². The quantitative estimate of drug-likeness (QED) is 0.648. The van der Waals surface area contributed by atoms with E-state index in [1.54, 1.807) is 0 Å². The molecule has 0 fully saturated rings. The number of nitrogens with one attached hydrogen (secondary N) is 2. The minimum atomic E-state index is 0.599. The highest BCUT2D eigenvalue weighted by molar-refractivity contribution is 5.84. The Morgan fingerprint density at radius 1 is 1.29 bits per heavy atom. The van der Waals surface area contributed by atoms with Crippen LogP contribution in [0.15, 0.2) is 24.3 Å². The minimum absolute atomic E-state index is 0.599. The van der Waals surface area contributed by atoms with Crippen LogP contribution in [0.4, 0.5) is 0 Å². The number of hydrogen-bond donors (Lipinski definition) is 2. The van der Waals surface area contributed by atoms with Crippen LogP contribution in [0.1, 0.15) is 18.2 Å². The van der Waals surface area contributed by atoms with Gasteiger partial charge < -0.3 is 10.3 Å². The molecule has 0 aliphatic carbocycles. The van der Waals surface area contributed by atoms with Crippen LogP contribution in [0.25, 0.3) is 10.9 Å². The van der Waals surface area contributed by atoms with Crippen molar-refractivity contribution in [2.45, 2.75) is 25.9 Å². The summed E-state index contributed by atoms with van der Waals surface area (Å²) >= 11 is 0. The number of aromatic nitrogens is 1. The van der Waals surface area contributed by atoms with Crippen LogP contribution >= 0.6 is 0 Å². The smallest absolute Gasteiger partial charge is 0.0459 e. The molecular formula is C12H14N2. The zero-order chi connectivity index (χ0) is 9.54. The fraction of sp³-hybridized carbons (Fsp3) is 0.333. The molecule has 1 atom stereocenters. The highest BCUT2D eigenvalue weighted by atomic mass is 14.9. The third-order valence-electron chi connectivity index (χ3n) is 3.04. The average Bonchev–Trinajstić information content (AvgIpc) is 2.56. The summed E-state index contributed by atoms with van der Waals surface area (Å²) in [5, 5.41) is 4.87. The van der Waals surface area contributed by atoms with Gasteiger partial charge in [0.2, 0.25) is 0 Å². The molecule has 0 spiro atoms. The van der Waals surface area contributed by atoms with E-state index >= 15 is 0 Å². The van der Waals surface area contributed by atoms with Crippen LogP contribution in [-0.2, 0) is 13.0 Å². The molecule has 0 unspecified atom stereocenters. The first-order valence-electron chi connectivity index (χ1n) is 5.16. The van der Waals surface area contributed by atoms with Crippen molar-refractivity contribution >= 4 is 10.9 Å². The predicted octanol–water partition coefficient (Wildman–Crippen LogP) is 2.20. The van der Waals surface area contributed by atoms with Crippen molar-refractivity contribution in [3.63, 3.8) is 0 Å². The zero-order valence-corrected chi connectivity index (χ0v) is 8.30. The van der Waals surface area contributed by atoms with Crippen LogP contribution < -0.4 is 5.32 Å². The molecule has 0 radical (unpaired) electrons. The van der Waals surface area contributed by atoms with E-state index in [-0.39, 0.29) is 0 Å². The van der Waals surface area contributed by atoms with Gasteiger partial charge in [0.05, 0.1) is 0 Å². The number of hydrogen-bond acceptors (Lipinski definition) is 1. The maximum absolute atomic E-state index is 3.47. The largest absolute Gasteiger partial charge is 0.357 e. The lowest BCUT2D eigenvalue weighted by Crippen LogP contribution is -2.32. The van der Waals surface area contributed by atoms with E-state index < -0.39 is 0 Å². The lowest BCUT2D eigenvalue weighted by Gasteiger charge is -2.20. The Hall–Kier alpha value is -1.28. The third-order valence-corrected chi connectivity index (χ3v) is 3.04. The molecule has 0 saturated heterocycles. The van der Waals surface area contributed by atoms with Gasteiger partial charge in [0, 0.05) is 29.2 Å². The van der Waals surface area contributed by atoms with Crippen LogP contribution in [0.2, 0.25) is 0 Å². The summed E-state index contributed by atoms with van der Waals surface area (Å²) in [7, 11) is 0.